The van der Waals surface area contributed by atoms with Gasteiger partial charge in [-0.15, -0.1) is 11.3 Å². The molecule has 0 fully saturated rings. The van der Waals surface area contributed by atoms with Gasteiger partial charge in [-0.25, -0.2) is 4.98 Å². The smallest absolute Gasteiger partial charge is 0.183 e. The first kappa shape index (κ1) is 9.19. The summed E-state index contributed by atoms with van der Waals surface area (Å²) >= 11 is 1.51. The second-order valence-electron chi connectivity index (χ2n) is 2.45. The van der Waals surface area contributed by atoms with Crippen molar-refractivity contribution in [3.63, 3.8) is 0 Å². The molecule has 1 N–H and O–H groups in total. The Kier molecular flexibility index (Phi) is 2.81. The third-order valence-corrected chi connectivity index (χ3v) is 2.58. The molecule has 0 aliphatic carbocycles. The highest BCUT2D eigenvalue weighted by Gasteiger charge is 2.12. The van der Waals surface area contributed by atoms with Gasteiger partial charge in [0, 0.05) is 18.3 Å². The van der Waals surface area contributed by atoms with Crippen LogP contribution in [0, 0.1) is 6.92 Å². The molecule has 12 heavy (non-hydrogen) atoms. The zero-order valence-electron chi connectivity index (χ0n) is 7.47. The predicted molar refractivity (Wildman–Crippen MR) is 51.0 cm³/mol. The van der Waals surface area contributed by atoms with E-state index in [1.54, 1.807) is 7.05 Å². The number of aryl methyl sites for hydroxylation is 1. The molecule has 3 nitrogen and oxygen atoms in total. The summed E-state index contributed by atoms with van der Waals surface area (Å²) in [7, 11) is 1.80. The number of anilines is 1. The lowest BCUT2D eigenvalue weighted by atomic mass is 10.2. The molecular weight excluding hydrogens is 172 g/mol. The minimum atomic E-state index is 0.116. The predicted octanol–water partition coefficient (Wildman–Crippen LogP) is 2.09. The van der Waals surface area contributed by atoms with Crippen LogP contribution in [0.2, 0.25) is 0 Å². The maximum Gasteiger partial charge on any atom is 0.183 e. The number of Topliss-reactive ketones (excluding diaryl/α,β-unsaturated/α-hetero) is 1. The number of carbonyl (C=O) groups excluding carboxylic acids is 1. The van der Waals surface area contributed by atoms with Crippen molar-refractivity contribution in [3.05, 3.63) is 10.6 Å². The van der Waals surface area contributed by atoms with Gasteiger partial charge in [0.25, 0.3) is 0 Å². The van der Waals surface area contributed by atoms with E-state index in [4.69, 9.17) is 0 Å². The van der Waals surface area contributed by atoms with Gasteiger partial charge in [-0.05, 0) is 6.92 Å². The zero-order chi connectivity index (χ0) is 9.14. The maximum atomic E-state index is 11.3. The van der Waals surface area contributed by atoms with E-state index in [1.807, 2.05) is 13.8 Å². The molecule has 1 aromatic rings. The van der Waals surface area contributed by atoms with E-state index in [9.17, 15) is 4.79 Å². The molecule has 0 saturated heterocycles. The molecule has 0 aliphatic rings. The van der Waals surface area contributed by atoms with Crippen LogP contribution >= 0.6 is 11.3 Å². The summed E-state index contributed by atoms with van der Waals surface area (Å²) < 4.78 is 0. The Labute approximate surface area is 75.8 Å². The molecule has 4 heteroatoms. The third kappa shape index (κ3) is 1.64. The highest BCUT2D eigenvalue weighted by Crippen LogP contribution is 2.22. The number of rotatable bonds is 3. The number of ketones is 1. The number of hydrogen-bond acceptors (Lipinski definition) is 4. The summed E-state index contributed by atoms with van der Waals surface area (Å²) in [5, 5.41) is 3.73. The first-order valence-corrected chi connectivity index (χ1v) is 4.69. The van der Waals surface area contributed by atoms with Crippen LogP contribution in [-0.2, 0) is 0 Å². The van der Waals surface area contributed by atoms with Gasteiger partial charge in [0.05, 0.1) is 0 Å². The van der Waals surface area contributed by atoms with E-state index in [0.29, 0.717) is 12.1 Å². The Morgan fingerprint density at radius 3 is 2.75 bits per heavy atom. The number of nitrogens with one attached hydrogen (secondary N) is 1. The van der Waals surface area contributed by atoms with Crippen LogP contribution in [0.25, 0.3) is 0 Å². The summed E-state index contributed by atoms with van der Waals surface area (Å²) in [5.41, 5.74) is 0.617. The van der Waals surface area contributed by atoms with Crippen molar-refractivity contribution < 1.29 is 4.79 Å². The Morgan fingerprint density at radius 1 is 1.67 bits per heavy atom. The van der Waals surface area contributed by atoms with Crippen LogP contribution in [0.4, 0.5) is 5.13 Å². The standard InChI is InChI=1S/C8H12N2OS/c1-4-6(11)7-5(2)12-8(9-3)10-7/h4H2,1-3H3,(H,9,10). The van der Waals surface area contributed by atoms with E-state index in [-0.39, 0.29) is 5.78 Å². The molecule has 0 radical (unpaired) electrons. The molecule has 0 amide bonds. The Hall–Kier alpha value is -0.900. The summed E-state index contributed by atoms with van der Waals surface area (Å²) in [5.74, 6) is 0.116. The largest absolute Gasteiger partial charge is 0.365 e. The topological polar surface area (TPSA) is 42.0 Å². The first-order chi connectivity index (χ1) is 5.69. The molecule has 1 rings (SSSR count). The van der Waals surface area contributed by atoms with Crippen LogP contribution in [0.3, 0.4) is 0 Å². The molecule has 1 heterocycles. The summed E-state index contributed by atoms with van der Waals surface area (Å²) in [6.45, 7) is 3.77. The van der Waals surface area contributed by atoms with Crippen molar-refractivity contribution in [2.45, 2.75) is 20.3 Å². The van der Waals surface area contributed by atoms with Crippen molar-refractivity contribution in [1.29, 1.82) is 0 Å². The van der Waals surface area contributed by atoms with Crippen LogP contribution in [0.1, 0.15) is 28.7 Å². The van der Waals surface area contributed by atoms with Gasteiger partial charge < -0.3 is 5.32 Å². The average Bonchev–Trinajstić information content (AvgIpc) is 2.45. The van der Waals surface area contributed by atoms with Crippen LogP contribution in [-0.4, -0.2) is 17.8 Å². The third-order valence-electron chi connectivity index (χ3n) is 1.60. The normalized spacial score (nSPS) is 9.92. The summed E-state index contributed by atoms with van der Waals surface area (Å²) in [4.78, 5) is 16.4. The van der Waals surface area contributed by atoms with Crippen LogP contribution in [0.15, 0.2) is 0 Å². The molecule has 0 aromatic carbocycles. The Bertz CT molecular complexity index is 293. The molecule has 0 bridgehead atoms. The monoisotopic (exact) mass is 184 g/mol. The molecule has 0 unspecified atom stereocenters. The molecular formula is C8H12N2OS. The first-order valence-electron chi connectivity index (χ1n) is 3.87. The lowest BCUT2D eigenvalue weighted by molar-refractivity contribution is 0.0983. The van der Waals surface area contributed by atoms with Gasteiger partial charge in [0.1, 0.15) is 5.69 Å². The number of aromatic nitrogens is 1. The Morgan fingerprint density at radius 2 is 2.33 bits per heavy atom. The van der Waals surface area contributed by atoms with Gasteiger partial charge in [-0.1, -0.05) is 6.92 Å². The van der Waals surface area contributed by atoms with E-state index in [0.717, 1.165) is 10.0 Å². The van der Waals surface area contributed by atoms with Gasteiger partial charge in [0.2, 0.25) is 0 Å². The van der Waals surface area contributed by atoms with Crippen molar-refractivity contribution in [2.24, 2.45) is 0 Å². The van der Waals surface area contributed by atoms with Crippen LogP contribution in [0.5, 0.6) is 0 Å². The highest BCUT2D eigenvalue weighted by atomic mass is 32.1. The molecule has 0 saturated carbocycles. The Balaban J connectivity index is 2.99. The van der Waals surface area contributed by atoms with E-state index in [1.165, 1.54) is 11.3 Å². The van der Waals surface area contributed by atoms with E-state index < -0.39 is 0 Å². The highest BCUT2D eigenvalue weighted by molar-refractivity contribution is 7.15. The van der Waals surface area contributed by atoms with Crippen molar-refractivity contribution >= 4 is 22.3 Å². The van der Waals surface area contributed by atoms with Gasteiger partial charge in [0.15, 0.2) is 10.9 Å². The van der Waals surface area contributed by atoms with Crippen LogP contribution < -0.4 is 5.32 Å². The van der Waals surface area contributed by atoms with Crippen molar-refractivity contribution in [1.82, 2.24) is 4.98 Å². The summed E-state index contributed by atoms with van der Waals surface area (Å²) in [6, 6.07) is 0. The van der Waals surface area contributed by atoms with Gasteiger partial charge in [-0.2, -0.15) is 0 Å². The second kappa shape index (κ2) is 3.67. The lowest BCUT2D eigenvalue weighted by Crippen LogP contribution is -1.99. The number of thiazole rings is 1. The molecule has 0 aliphatic heterocycles. The van der Waals surface area contributed by atoms with Crippen molar-refractivity contribution in [3.8, 4) is 0 Å². The van der Waals surface area contributed by atoms with Gasteiger partial charge >= 0.3 is 0 Å². The fourth-order valence-corrected chi connectivity index (χ4v) is 1.71. The van der Waals surface area contributed by atoms with E-state index in [2.05, 4.69) is 10.3 Å². The molecule has 0 atom stereocenters. The minimum absolute atomic E-state index is 0.116. The number of carbonyl (C=O) groups is 1. The molecule has 0 spiro atoms. The second-order valence-corrected chi connectivity index (χ2v) is 3.65. The zero-order valence-corrected chi connectivity index (χ0v) is 8.29. The minimum Gasteiger partial charge on any atom is -0.365 e. The SMILES string of the molecule is CCC(=O)c1nc(NC)sc1C. The number of nitrogens with zero attached hydrogens (tertiary/aromatic N) is 1. The van der Waals surface area contributed by atoms with E-state index >= 15 is 0 Å². The van der Waals surface area contributed by atoms with Crippen molar-refractivity contribution in [2.75, 3.05) is 12.4 Å². The summed E-state index contributed by atoms with van der Waals surface area (Å²) in [6.07, 6.45) is 0.522. The fourth-order valence-electron chi connectivity index (χ4n) is 0.930. The number of hydrogen-bond donors (Lipinski definition) is 1. The van der Waals surface area contributed by atoms with Gasteiger partial charge in [-0.3, -0.25) is 4.79 Å². The average molecular weight is 184 g/mol. The quantitative estimate of drug-likeness (QED) is 0.731. The molecule has 1 aromatic heterocycles. The fraction of sp³-hybridized carbons (Fsp3) is 0.500. The molecule has 66 valence electrons. The lowest BCUT2D eigenvalue weighted by Gasteiger charge is -1.91. The maximum absolute atomic E-state index is 11.3.